The van der Waals surface area contributed by atoms with Crippen LogP contribution in [0.3, 0.4) is 0 Å². The van der Waals surface area contributed by atoms with E-state index in [2.05, 4.69) is 19.1 Å². The highest BCUT2D eigenvalue weighted by molar-refractivity contribution is 5.85. The van der Waals surface area contributed by atoms with Gasteiger partial charge in [0.15, 0.2) is 0 Å². The summed E-state index contributed by atoms with van der Waals surface area (Å²) in [5.74, 6) is 1.08. The van der Waals surface area contributed by atoms with Crippen LogP contribution in [0, 0.1) is 6.92 Å². The normalized spacial score (nSPS) is 26.1. The lowest BCUT2D eigenvalue weighted by Gasteiger charge is -2.40. The molecule has 1 aromatic rings. The number of amides is 1. The van der Waals surface area contributed by atoms with Gasteiger partial charge in [0, 0.05) is 32.5 Å². The number of carbonyl (C=O) groups excluding carboxylic acids is 1. The lowest BCUT2D eigenvalue weighted by molar-refractivity contribution is -0.163. The van der Waals surface area contributed by atoms with Gasteiger partial charge in [0.1, 0.15) is 17.5 Å². The number of rotatable bonds is 3. The van der Waals surface area contributed by atoms with Crippen molar-refractivity contribution >= 4 is 5.91 Å². The quantitative estimate of drug-likeness (QED) is 0.858. The SMILES string of the molecule is Cc1ccc(OC2CCN(C(=O)[C@@]3(C)CCCCO3)CC2)cc1. The smallest absolute Gasteiger partial charge is 0.254 e. The van der Waals surface area contributed by atoms with Crippen molar-refractivity contribution in [2.24, 2.45) is 0 Å². The molecule has 0 unspecified atom stereocenters. The van der Waals surface area contributed by atoms with E-state index in [0.717, 1.165) is 50.9 Å². The first-order valence-corrected chi connectivity index (χ1v) is 8.73. The summed E-state index contributed by atoms with van der Waals surface area (Å²) < 4.78 is 11.8. The summed E-state index contributed by atoms with van der Waals surface area (Å²) in [6.07, 6.45) is 4.95. The number of hydrogen-bond acceptors (Lipinski definition) is 3. The molecule has 1 amide bonds. The van der Waals surface area contributed by atoms with Gasteiger partial charge in [-0.25, -0.2) is 0 Å². The number of piperidine rings is 1. The van der Waals surface area contributed by atoms with Crippen LogP contribution in [-0.4, -0.2) is 42.2 Å². The van der Waals surface area contributed by atoms with E-state index in [-0.39, 0.29) is 12.0 Å². The molecule has 4 nitrogen and oxygen atoms in total. The molecule has 2 heterocycles. The number of carbonyl (C=O) groups is 1. The summed E-state index contributed by atoms with van der Waals surface area (Å²) in [5, 5.41) is 0. The first-order chi connectivity index (χ1) is 11.1. The summed E-state index contributed by atoms with van der Waals surface area (Å²) in [6.45, 7) is 6.24. The molecule has 0 saturated carbocycles. The Hall–Kier alpha value is -1.55. The van der Waals surface area contributed by atoms with Crippen LogP contribution < -0.4 is 4.74 Å². The molecule has 0 radical (unpaired) electrons. The van der Waals surface area contributed by atoms with Gasteiger partial charge in [0.25, 0.3) is 5.91 Å². The predicted octanol–water partition coefficient (Wildman–Crippen LogP) is 3.32. The Labute approximate surface area is 138 Å². The van der Waals surface area contributed by atoms with Crippen LogP contribution in [0.1, 0.15) is 44.6 Å². The van der Waals surface area contributed by atoms with Crippen molar-refractivity contribution in [2.45, 2.75) is 57.7 Å². The summed E-state index contributed by atoms with van der Waals surface area (Å²) in [5.41, 5.74) is 0.626. The molecule has 23 heavy (non-hydrogen) atoms. The number of aryl methyl sites for hydroxylation is 1. The monoisotopic (exact) mass is 317 g/mol. The molecule has 1 aromatic carbocycles. The molecule has 2 fully saturated rings. The highest BCUT2D eigenvalue weighted by Gasteiger charge is 2.40. The maximum atomic E-state index is 12.7. The number of ether oxygens (including phenoxy) is 2. The van der Waals surface area contributed by atoms with Gasteiger partial charge in [0.05, 0.1) is 0 Å². The molecule has 2 aliphatic rings. The molecule has 4 heteroatoms. The van der Waals surface area contributed by atoms with Gasteiger partial charge in [-0.2, -0.15) is 0 Å². The fourth-order valence-corrected chi connectivity index (χ4v) is 3.42. The number of likely N-dealkylation sites (tertiary alicyclic amines) is 1. The third-order valence-electron chi connectivity index (χ3n) is 4.97. The Bertz CT molecular complexity index is 526. The molecule has 0 spiro atoms. The van der Waals surface area contributed by atoms with E-state index in [1.54, 1.807) is 0 Å². The van der Waals surface area contributed by atoms with Crippen molar-refractivity contribution < 1.29 is 14.3 Å². The van der Waals surface area contributed by atoms with Crippen molar-refractivity contribution in [3.05, 3.63) is 29.8 Å². The zero-order valence-corrected chi connectivity index (χ0v) is 14.2. The van der Waals surface area contributed by atoms with Crippen LogP contribution in [0.4, 0.5) is 0 Å². The second kappa shape index (κ2) is 6.91. The highest BCUT2D eigenvalue weighted by atomic mass is 16.5. The summed E-state index contributed by atoms with van der Waals surface area (Å²) in [7, 11) is 0. The molecule has 2 aliphatic heterocycles. The largest absolute Gasteiger partial charge is 0.490 e. The molecular formula is C19H27NO3. The maximum absolute atomic E-state index is 12.7. The van der Waals surface area contributed by atoms with Gasteiger partial charge >= 0.3 is 0 Å². The second-order valence-electron chi connectivity index (χ2n) is 6.96. The Morgan fingerprint density at radius 1 is 1.22 bits per heavy atom. The fraction of sp³-hybridized carbons (Fsp3) is 0.632. The van der Waals surface area contributed by atoms with Crippen molar-refractivity contribution in [3.8, 4) is 5.75 Å². The summed E-state index contributed by atoms with van der Waals surface area (Å²) in [6, 6.07) is 8.16. The van der Waals surface area contributed by atoms with E-state index in [1.807, 2.05) is 24.0 Å². The van der Waals surface area contributed by atoms with Crippen LogP contribution in [-0.2, 0) is 9.53 Å². The molecule has 1 atom stereocenters. The Morgan fingerprint density at radius 3 is 2.52 bits per heavy atom. The Morgan fingerprint density at radius 2 is 1.91 bits per heavy atom. The number of hydrogen-bond donors (Lipinski definition) is 0. The maximum Gasteiger partial charge on any atom is 0.254 e. The van der Waals surface area contributed by atoms with Crippen LogP contribution in [0.25, 0.3) is 0 Å². The minimum absolute atomic E-state index is 0.158. The van der Waals surface area contributed by atoms with Gasteiger partial charge in [-0.05, 0) is 45.2 Å². The van der Waals surface area contributed by atoms with E-state index in [1.165, 1.54) is 5.56 Å². The molecule has 0 N–H and O–H groups in total. The summed E-state index contributed by atoms with van der Waals surface area (Å²) >= 11 is 0. The van der Waals surface area contributed by atoms with Gasteiger partial charge in [-0.3, -0.25) is 4.79 Å². The zero-order chi connectivity index (χ0) is 16.3. The van der Waals surface area contributed by atoms with E-state index in [4.69, 9.17) is 9.47 Å². The van der Waals surface area contributed by atoms with Gasteiger partial charge in [-0.15, -0.1) is 0 Å². The van der Waals surface area contributed by atoms with E-state index < -0.39 is 5.60 Å². The topological polar surface area (TPSA) is 38.8 Å². The van der Waals surface area contributed by atoms with E-state index >= 15 is 0 Å². The molecule has 126 valence electrons. The average Bonchev–Trinajstić information content (AvgIpc) is 2.58. The first kappa shape index (κ1) is 16.3. The predicted molar refractivity (Wildman–Crippen MR) is 89.6 cm³/mol. The third kappa shape index (κ3) is 3.86. The molecule has 3 rings (SSSR count). The highest BCUT2D eigenvalue weighted by Crippen LogP contribution is 2.28. The molecule has 0 aliphatic carbocycles. The van der Waals surface area contributed by atoms with Crippen LogP contribution >= 0.6 is 0 Å². The Kier molecular flexibility index (Phi) is 4.90. The molecule has 0 bridgehead atoms. The van der Waals surface area contributed by atoms with Gasteiger partial charge in [0.2, 0.25) is 0 Å². The first-order valence-electron chi connectivity index (χ1n) is 8.73. The number of nitrogens with zero attached hydrogens (tertiary/aromatic N) is 1. The van der Waals surface area contributed by atoms with Gasteiger partial charge < -0.3 is 14.4 Å². The summed E-state index contributed by atoms with van der Waals surface area (Å²) in [4.78, 5) is 14.7. The molecule has 0 aromatic heterocycles. The Balaban J connectivity index is 1.51. The second-order valence-corrected chi connectivity index (χ2v) is 6.96. The minimum Gasteiger partial charge on any atom is -0.490 e. The zero-order valence-electron chi connectivity index (χ0n) is 14.2. The number of benzene rings is 1. The minimum atomic E-state index is -0.608. The van der Waals surface area contributed by atoms with Crippen molar-refractivity contribution in [2.75, 3.05) is 19.7 Å². The van der Waals surface area contributed by atoms with Gasteiger partial charge in [-0.1, -0.05) is 17.7 Å². The van der Waals surface area contributed by atoms with Crippen molar-refractivity contribution in [3.63, 3.8) is 0 Å². The fourth-order valence-electron chi connectivity index (χ4n) is 3.42. The molecular weight excluding hydrogens is 290 g/mol. The standard InChI is InChI=1S/C19H27NO3/c1-15-5-7-16(8-6-15)23-17-9-12-20(13-10-17)18(21)19(2)11-3-4-14-22-19/h5-8,17H,3-4,9-14H2,1-2H3/t19-/m1/s1. The van der Waals surface area contributed by atoms with Crippen LogP contribution in [0.5, 0.6) is 5.75 Å². The lowest BCUT2D eigenvalue weighted by atomic mass is 9.93. The average molecular weight is 317 g/mol. The lowest BCUT2D eigenvalue weighted by Crippen LogP contribution is -2.53. The van der Waals surface area contributed by atoms with E-state index in [9.17, 15) is 4.79 Å². The van der Waals surface area contributed by atoms with Crippen LogP contribution in [0.2, 0.25) is 0 Å². The molecule has 2 saturated heterocycles. The van der Waals surface area contributed by atoms with Crippen LogP contribution in [0.15, 0.2) is 24.3 Å². The van der Waals surface area contributed by atoms with E-state index in [0.29, 0.717) is 6.61 Å². The van der Waals surface area contributed by atoms with Crippen molar-refractivity contribution in [1.29, 1.82) is 0 Å². The third-order valence-corrected chi connectivity index (χ3v) is 4.97. The van der Waals surface area contributed by atoms with Crippen molar-refractivity contribution in [1.82, 2.24) is 4.90 Å².